The van der Waals surface area contributed by atoms with Gasteiger partial charge in [-0.2, -0.15) is 8.78 Å². The third-order valence-corrected chi connectivity index (χ3v) is 8.81. The lowest BCUT2D eigenvalue weighted by Gasteiger charge is -2.14. The Bertz CT molecular complexity index is 1650. The fraction of sp³-hybridized carbons (Fsp3) is 0. The van der Waals surface area contributed by atoms with Crippen LogP contribution in [0.1, 0.15) is 31.1 Å². The lowest BCUT2D eigenvalue weighted by Crippen LogP contribution is -2.27. The van der Waals surface area contributed by atoms with Gasteiger partial charge in [0.2, 0.25) is 17.4 Å². The maximum atomic E-state index is 14.3. The Labute approximate surface area is 251 Å². The van der Waals surface area contributed by atoms with E-state index in [0.717, 1.165) is 13.2 Å². The maximum absolute atomic E-state index is 14.3. The Morgan fingerprint density at radius 2 is 1.29 bits per heavy atom. The average molecular weight is 861 g/mol. The van der Waals surface area contributed by atoms with Gasteiger partial charge >= 0.3 is 11.9 Å². The Morgan fingerprint density at radius 3 is 1.89 bits per heavy atom. The number of fused-ring (bicyclic) bond motifs is 1. The van der Waals surface area contributed by atoms with Crippen molar-refractivity contribution < 1.29 is 46.5 Å². The minimum absolute atomic E-state index is 0.0552. The van der Waals surface area contributed by atoms with Crippen LogP contribution in [0.4, 0.5) is 17.6 Å². The van der Waals surface area contributed by atoms with Gasteiger partial charge in [0.15, 0.2) is 11.6 Å². The molecule has 0 aliphatic rings. The third-order valence-electron chi connectivity index (χ3n) is 5.14. The number of ether oxygens (including phenoxy) is 2. The normalized spacial score (nSPS) is 10.9. The zero-order valence-corrected chi connectivity index (χ0v) is 24.7. The predicted molar refractivity (Wildman–Crippen MR) is 149 cm³/mol. The van der Waals surface area contributed by atoms with Crippen LogP contribution >= 0.6 is 67.8 Å². The fourth-order valence-corrected chi connectivity index (χ4v) is 5.80. The number of hydrogen-bond acceptors (Lipinski definition) is 6. The molecule has 4 aromatic carbocycles. The summed E-state index contributed by atoms with van der Waals surface area (Å²) in [6.45, 7) is 0. The lowest BCUT2D eigenvalue weighted by atomic mass is 10.0. The summed E-state index contributed by atoms with van der Waals surface area (Å²) in [6, 6.07) is 11.9. The van der Waals surface area contributed by atoms with Gasteiger partial charge in [-0.1, -0.05) is 24.3 Å². The molecule has 0 N–H and O–H groups in total. The van der Waals surface area contributed by atoms with Gasteiger partial charge in [-0.25, -0.2) is 18.4 Å². The number of carboxylic acid groups (broad SMARTS) is 1. The Morgan fingerprint density at radius 1 is 0.711 bits per heavy atom. The van der Waals surface area contributed by atoms with Gasteiger partial charge in [0.1, 0.15) is 5.75 Å². The highest BCUT2D eigenvalue weighted by atomic mass is 127. The van der Waals surface area contributed by atoms with Crippen LogP contribution in [0.15, 0.2) is 48.5 Å². The summed E-state index contributed by atoms with van der Waals surface area (Å²) in [6.07, 6.45) is 0. The molecule has 194 valence electrons. The zero-order chi connectivity index (χ0) is 27.9. The first-order valence-electron chi connectivity index (χ1n) is 10.1. The van der Waals surface area contributed by atoms with Crippen molar-refractivity contribution in [3.05, 3.63) is 99.2 Å². The summed E-state index contributed by atoms with van der Waals surface area (Å²) in [5.74, 6) is -15.3. The zero-order valence-electron chi connectivity index (χ0n) is 18.2. The fourth-order valence-electron chi connectivity index (χ4n) is 3.43. The highest BCUT2D eigenvalue weighted by Crippen LogP contribution is 2.34. The van der Waals surface area contributed by atoms with Gasteiger partial charge in [0, 0.05) is 16.1 Å². The molecular formula is C25H8F4I3O6-. The molecular weight excluding hydrogens is 853 g/mol. The Balaban J connectivity index is 1.72. The number of carbonyl (C=O) groups excluding carboxylic acids is 3. The predicted octanol–water partition coefficient (Wildman–Crippen LogP) is 6.01. The summed E-state index contributed by atoms with van der Waals surface area (Å²) in [4.78, 5) is 36.6. The molecule has 0 atom stereocenters. The van der Waals surface area contributed by atoms with Gasteiger partial charge in [-0.05, 0) is 97.4 Å². The van der Waals surface area contributed by atoms with E-state index in [4.69, 9.17) is 4.74 Å². The minimum Gasteiger partial charge on any atom is -0.545 e. The van der Waals surface area contributed by atoms with Crippen molar-refractivity contribution in [2.75, 3.05) is 0 Å². The Hall–Kier alpha value is -2.54. The minimum atomic E-state index is -2.50. The van der Waals surface area contributed by atoms with Crippen molar-refractivity contribution in [3.8, 4) is 11.5 Å². The lowest BCUT2D eigenvalue weighted by molar-refractivity contribution is -0.255. The molecule has 0 unspecified atom stereocenters. The molecule has 0 fully saturated rings. The van der Waals surface area contributed by atoms with Gasteiger partial charge in [-0.3, -0.25) is 0 Å². The van der Waals surface area contributed by atoms with Crippen molar-refractivity contribution in [2.45, 2.75) is 0 Å². The molecule has 6 nitrogen and oxygen atoms in total. The number of esters is 2. The van der Waals surface area contributed by atoms with E-state index >= 15 is 0 Å². The van der Waals surface area contributed by atoms with Gasteiger partial charge in [0.05, 0.1) is 22.7 Å². The Kier molecular flexibility index (Phi) is 8.46. The van der Waals surface area contributed by atoms with E-state index in [1.54, 1.807) is 12.1 Å². The molecule has 38 heavy (non-hydrogen) atoms. The second kappa shape index (κ2) is 11.3. The number of carboxylic acids is 1. The van der Waals surface area contributed by atoms with E-state index in [9.17, 15) is 37.1 Å². The molecule has 0 saturated heterocycles. The van der Waals surface area contributed by atoms with Crippen LogP contribution in [0.2, 0.25) is 0 Å². The summed E-state index contributed by atoms with van der Waals surface area (Å²) >= 11 is 6.16. The van der Waals surface area contributed by atoms with E-state index in [-0.39, 0.29) is 22.1 Å². The first-order valence-corrected chi connectivity index (χ1v) is 13.3. The smallest absolute Gasteiger partial charge is 0.344 e. The topological polar surface area (TPSA) is 92.7 Å². The maximum Gasteiger partial charge on any atom is 0.344 e. The molecule has 0 aromatic heterocycles. The summed E-state index contributed by atoms with van der Waals surface area (Å²) in [7, 11) is 0. The van der Waals surface area contributed by atoms with E-state index < -0.39 is 52.5 Å². The molecule has 4 aromatic rings. The molecule has 0 bridgehead atoms. The number of carbonyl (C=O) groups is 3. The van der Waals surface area contributed by atoms with Crippen molar-refractivity contribution in [2.24, 2.45) is 0 Å². The molecule has 0 aliphatic carbocycles. The van der Waals surface area contributed by atoms with Crippen molar-refractivity contribution >= 4 is 96.5 Å². The van der Waals surface area contributed by atoms with Crippen molar-refractivity contribution in [1.29, 1.82) is 0 Å². The largest absolute Gasteiger partial charge is 0.545 e. The monoisotopic (exact) mass is 861 g/mol. The van der Waals surface area contributed by atoms with Crippen LogP contribution in [0.3, 0.4) is 0 Å². The van der Waals surface area contributed by atoms with E-state index in [0.29, 0.717) is 9.13 Å². The second-order valence-electron chi connectivity index (χ2n) is 7.43. The first kappa shape index (κ1) is 28.5. The standard InChI is InChI=1S/C25H9F4I3O6/c26-17-16(23(33)34)18(27)20(29)22(19(17)28)38-24(35)12-5-6-15(11-4-2-1-3-10(11)12)37-25(36)13-7-9(30)8-14(31)21(13)32/h1-8H,(H,33,34)/p-1. The van der Waals surface area contributed by atoms with Crippen LogP contribution in [-0.2, 0) is 0 Å². The molecule has 0 heterocycles. The summed E-state index contributed by atoms with van der Waals surface area (Å²) in [5, 5.41) is 11.2. The molecule has 13 heteroatoms. The summed E-state index contributed by atoms with van der Waals surface area (Å²) in [5.41, 5.74) is -1.96. The number of rotatable bonds is 5. The molecule has 0 saturated carbocycles. The van der Waals surface area contributed by atoms with Crippen LogP contribution in [0, 0.1) is 34.0 Å². The van der Waals surface area contributed by atoms with Crippen LogP contribution in [0.25, 0.3) is 10.8 Å². The molecule has 0 spiro atoms. The van der Waals surface area contributed by atoms with Crippen molar-refractivity contribution in [3.63, 3.8) is 0 Å². The molecule has 4 rings (SSSR count). The highest BCUT2D eigenvalue weighted by Gasteiger charge is 2.29. The van der Waals surface area contributed by atoms with Crippen LogP contribution in [0.5, 0.6) is 11.5 Å². The number of hydrogen-bond donors (Lipinski definition) is 0. The number of aromatic carboxylic acids is 1. The molecule has 0 radical (unpaired) electrons. The van der Waals surface area contributed by atoms with Gasteiger partial charge in [-0.15, -0.1) is 0 Å². The highest BCUT2D eigenvalue weighted by molar-refractivity contribution is 14.1. The van der Waals surface area contributed by atoms with Crippen LogP contribution < -0.4 is 14.6 Å². The van der Waals surface area contributed by atoms with Gasteiger partial charge < -0.3 is 19.4 Å². The third kappa shape index (κ3) is 5.31. The first-order chi connectivity index (χ1) is 17.9. The van der Waals surface area contributed by atoms with Crippen molar-refractivity contribution in [1.82, 2.24) is 0 Å². The SMILES string of the molecule is O=C(Oc1ccc(C(=O)Oc2c(F)c(F)c(C(=O)[O-])c(F)c2F)c2ccccc12)c1cc(I)cc(I)c1I. The average Bonchev–Trinajstić information content (AvgIpc) is 2.87. The summed E-state index contributed by atoms with van der Waals surface area (Å²) < 4.78 is 69.1. The molecule has 0 amide bonds. The van der Waals surface area contributed by atoms with Gasteiger partial charge in [0.25, 0.3) is 0 Å². The van der Waals surface area contributed by atoms with E-state index in [1.165, 1.54) is 24.3 Å². The number of benzene rings is 4. The molecule has 0 aliphatic heterocycles. The number of halogens is 7. The van der Waals surface area contributed by atoms with Crippen LogP contribution in [-0.4, -0.2) is 17.9 Å². The van der Waals surface area contributed by atoms with E-state index in [1.807, 2.05) is 28.7 Å². The van der Waals surface area contributed by atoms with E-state index in [2.05, 4.69) is 49.9 Å². The quantitative estimate of drug-likeness (QED) is 0.0804. The second-order valence-corrected chi connectivity index (χ2v) is 10.9.